The second-order valence-corrected chi connectivity index (χ2v) is 7.35. The molecule has 0 saturated carbocycles. The second kappa shape index (κ2) is 5.28. The predicted molar refractivity (Wildman–Crippen MR) is 95.4 cm³/mol. The van der Waals surface area contributed by atoms with Gasteiger partial charge in [0.25, 0.3) is 0 Å². The number of hydrogen-bond acceptors (Lipinski definition) is 3. The molecular weight excluding hydrogens is 316 g/mol. The van der Waals surface area contributed by atoms with Gasteiger partial charge < -0.3 is 5.32 Å². The van der Waals surface area contributed by atoms with Crippen molar-refractivity contribution in [1.29, 1.82) is 0 Å². The van der Waals surface area contributed by atoms with Gasteiger partial charge in [0.2, 0.25) is 5.91 Å². The van der Waals surface area contributed by atoms with Crippen LogP contribution in [-0.4, -0.2) is 10.9 Å². The van der Waals surface area contributed by atoms with Gasteiger partial charge in [-0.3, -0.25) is 4.79 Å². The molecule has 0 fully saturated rings. The molecule has 1 N–H and O–H groups in total. The molecule has 3 aromatic rings. The molecular formula is C20H16N2OS. The molecule has 1 aromatic heterocycles. The van der Waals surface area contributed by atoms with Crippen molar-refractivity contribution in [1.82, 2.24) is 4.98 Å². The van der Waals surface area contributed by atoms with Crippen LogP contribution >= 0.6 is 11.3 Å². The number of carbonyl (C=O) groups excluding carboxylic acids is 1. The Labute approximate surface area is 144 Å². The topological polar surface area (TPSA) is 42.0 Å². The number of aromatic nitrogens is 1. The van der Waals surface area contributed by atoms with Crippen LogP contribution in [0.3, 0.4) is 0 Å². The van der Waals surface area contributed by atoms with Crippen LogP contribution in [0.1, 0.15) is 40.5 Å². The van der Waals surface area contributed by atoms with Gasteiger partial charge in [0.05, 0.1) is 5.92 Å². The van der Waals surface area contributed by atoms with E-state index < -0.39 is 0 Å². The Morgan fingerprint density at radius 1 is 1.00 bits per heavy atom. The zero-order valence-corrected chi connectivity index (χ0v) is 13.8. The standard InChI is InChI=1S/C20H16N2OS/c23-19(22-20-21-9-10-24-20)17-11-16-12-5-1-3-7-14(12)18(17)15-8-4-2-6-13(15)16/h1-10,16-18H,11H2,(H,21,22,23)/t16?,17-,18?/m0/s1. The molecule has 0 radical (unpaired) electrons. The summed E-state index contributed by atoms with van der Waals surface area (Å²) in [5, 5.41) is 5.57. The molecule has 0 unspecified atom stereocenters. The van der Waals surface area contributed by atoms with E-state index in [-0.39, 0.29) is 17.7 Å². The molecule has 24 heavy (non-hydrogen) atoms. The molecule has 3 nitrogen and oxygen atoms in total. The van der Waals surface area contributed by atoms with E-state index >= 15 is 0 Å². The molecule has 4 heteroatoms. The lowest BCUT2D eigenvalue weighted by Gasteiger charge is -2.44. The highest BCUT2D eigenvalue weighted by Crippen LogP contribution is 2.55. The summed E-state index contributed by atoms with van der Waals surface area (Å²) in [6.07, 6.45) is 2.59. The Bertz CT molecular complexity index is 871. The van der Waals surface area contributed by atoms with Crippen LogP contribution in [0.5, 0.6) is 0 Å². The molecule has 1 atom stereocenters. The first-order valence-electron chi connectivity index (χ1n) is 8.21. The van der Waals surface area contributed by atoms with E-state index in [0.717, 1.165) is 6.42 Å². The molecule has 0 spiro atoms. The van der Waals surface area contributed by atoms with Crippen LogP contribution in [-0.2, 0) is 4.79 Å². The van der Waals surface area contributed by atoms with Gasteiger partial charge in [-0.15, -0.1) is 11.3 Å². The van der Waals surface area contributed by atoms with Gasteiger partial charge in [-0.2, -0.15) is 0 Å². The van der Waals surface area contributed by atoms with Crippen LogP contribution in [0.2, 0.25) is 0 Å². The van der Waals surface area contributed by atoms with E-state index in [9.17, 15) is 4.79 Å². The number of nitrogens with one attached hydrogen (secondary N) is 1. The van der Waals surface area contributed by atoms with Gasteiger partial charge in [0, 0.05) is 23.4 Å². The molecule has 2 aromatic carbocycles. The molecule has 1 amide bonds. The Morgan fingerprint density at radius 2 is 1.62 bits per heavy atom. The third-order valence-electron chi connectivity index (χ3n) is 5.30. The van der Waals surface area contributed by atoms with Crippen LogP contribution in [0, 0.1) is 5.92 Å². The summed E-state index contributed by atoms with van der Waals surface area (Å²) in [4.78, 5) is 17.1. The van der Waals surface area contributed by atoms with E-state index in [4.69, 9.17) is 0 Å². The van der Waals surface area contributed by atoms with Gasteiger partial charge >= 0.3 is 0 Å². The maximum atomic E-state index is 12.9. The molecule has 0 saturated heterocycles. The van der Waals surface area contributed by atoms with Crippen molar-refractivity contribution >= 4 is 22.4 Å². The zero-order chi connectivity index (χ0) is 16.1. The van der Waals surface area contributed by atoms with Crippen LogP contribution in [0.15, 0.2) is 60.1 Å². The summed E-state index contributed by atoms with van der Waals surface area (Å²) < 4.78 is 0. The normalized spacial score (nSPS) is 23.4. The number of thiazole rings is 1. The van der Waals surface area contributed by atoms with Crippen molar-refractivity contribution in [2.24, 2.45) is 5.92 Å². The first kappa shape index (κ1) is 13.9. The Balaban J connectivity index is 1.59. The van der Waals surface area contributed by atoms with Crippen molar-refractivity contribution in [2.45, 2.75) is 18.3 Å². The minimum Gasteiger partial charge on any atom is -0.302 e. The SMILES string of the molecule is O=C(Nc1nccs1)[C@H]1CC2c3ccccc3C1c1ccccc12. The summed E-state index contributed by atoms with van der Waals surface area (Å²) in [6, 6.07) is 17.2. The number of rotatable bonds is 2. The fourth-order valence-corrected chi connectivity index (χ4v) is 4.91. The number of fused-ring (bicyclic) bond motifs is 1. The van der Waals surface area contributed by atoms with E-state index in [1.165, 1.54) is 33.6 Å². The molecule has 3 aliphatic rings. The fourth-order valence-electron chi connectivity index (χ4n) is 4.38. The lowest BCUT2D eigenvalue weighted by atomic mass is 9.59. The van der Waals surface area contributed by atoms with Crippen molar-refractivity contribution in [2.75, 3.05) is 5.32 Å². The number of amides is 1. The largest absolute Gasteiger partial charge is 0.302 e. The first-order chi connectivity index (χ1) is 11.8. The van der Waals surface area contributed by atoms with Crippen LogP contribution in [0.4, 0.5) is 5.13 Å². The van der Waals surface area contributed by atoms with E-state index in [1.54, 1.807) is 6.20 Å². The van der Waals surface area contributed by atoms with E-state index in [2.05, 4.69) is 58.8 Å². The lowest BCUT2D eigenvalue weighted by molar-refractivity contribution is -0.121. The van der Waals surface area contributed by atoms with Gasteiger partial charge in [0.1, 0.15) is 0 Å². The second-order valence-electron chi connectivity index (χ2n) is 6.46. The Morgan fingerprint density at radius 3 is 2.21 bits per heavy atom. The average Bonchev–Trinajstić information content (AvgIpc) is 3.14. The minimum absolute atomic E-state index is 0.0382. The van der Waals surface area contributed by atoms with E-state index in [1.807, 2.05) is 5.38 Å². The number of carbonyl (C=O) groups is 1. The van der Waals surface area contributed by atoms with Crippen LogP contribution in [0.25, 0.3) is 0 Å². The molecule has 3 aliphatic carbocycles. The molecule has 118 valence electrons. The zero-order valence-electron chi connectivity index (χ0n) is 13.0. The highest BCUT2D eigenvalue weighted by atomic mass is 32.1. The van der Waals surface area contributed by atoms with Gasteiger partial charge in [0.15, 0.2) is 5.13 Å². The maximum absolute atomic E-state index is 12.9. The fraction of sp³-hybridized carbons (Fsp3) is 0.200. The smallest absolute Gasteiger partial charge is 0.230 e. The minimum atomic E-state index is -0.0382. The molecule has 6 rings (SSSR count). The van der Waals surface area contributed by atoms with Gasteiger partial charge in [-0.25, -0.2) is 4.98 Å². The summed E-state index contributed by atoms with van der Waals surface area (Å²) in [5.41, 5.74) is 5.40. The van der Waals surface area contributed by atoms with Crippen molar-refractivity contribution in [3.63, 3.8) is 0 Å². The van der Waals surface area contributed by atoms with Crippen molar-refractivity contribution in [3.8, 4) is 0 Å². The van der Waals surface area contributed by atoms with Gasteiger partial charge in [-0.05, 0) is 28.7 Å². The lowest BCUT2D eigenvalue weighted by Crippen LogP contribution is -2.38. The van der Waals surface area contributed by atoms with Crippen LogP contribution < -0.4 is 5.32 Å². The molecule has 1 heterocycles. The maximum Gasteiger partial charge on any atom is 0.230 e. The number of benzene rings is 2. The number of nitrogens with zero attached hydrogens (tertiary/aromatic N) is 1. The average molecular weight is 332 g/mol. The quantitative estimate of drug-likeness (QED) is 0.757. The highest BCUT2D eigenvalue weighted by molar-refractivity contribution is 7.13. The number of anilines is 1. The summed E-state index contributed by atoms with van der Waals surface area (Å²) in [7, 11) is 0. The Hall–Kier alpha value is -2.46. The predicted octanol–water partition coefficient (Wildman–Crippen LogP) is 4.38. The summed E-state index contributed by atoms with van der Waals surface area (Å²) >= 11 is 1.46. The summed E-state index contributed by atoms with van der Waals surface area (Å²) in [6.45, 7) is 0. The van der Waals surface area contributed by atoms with Crippen molar-refractivity contribution < 1.29 is 4.79 Å². The monoisotopic (exact) mass is 332 g/mol. The Kier molecular flexibility index (Phi) is 3.06. The van der Waals surface area contributed by atoms with Crippen molar-refractivity contribution in [3.05, 3.63) is 82.4 Å². The molecule has 2 bridgehead atoms. The molecule has 0 aliphatic heterocycles. The number of hydrogen-bond donors (Lipinski definition) is 1. The highest BCUT2D eigenvalue weighted by Gasteiger charge is 2.45. The first-order valence-corrected chi connectivity index (χ1v) is 9.09. The third-order valence-corrected chi connectivity index (χ3v) is 5.99. The van der Waals surface area contributed by atoms with E-state index in [0.29, 0.717) is 11.0 Å². The van der Waals surface area contributed by atoms with Gasteiger partial charge in [-0.1, -0.05) is 48.5 Å². The third kappa shape index (κ3) is 1.96. The summed E-state index contributed by atoms with van der Waals surface area (Å²) in [5.74, 6) is 0.504.